The summed E-state index contributed by atoms with van der Waals surface area (Å²) < 4.78 is 5.27. The molecule has 0 aliphatic carbocycles. The van der Waals surface area contributed by atoms with Gasteiger partial charge in [0.05, 0.1) is 17.6 Å². The van der Waals surface area contributed by atoms with Gasteiger partial charge < -0.3 is 9.47 Å². The summed E-state index contributed by atoms with van der Waals surface area (Å²) in [6.07, 6.45) is 5.26. The minimum atomic E-state index is -0.162. The lowest BCUT2D eigenvalue weighted by molar-refractivity contribution is 0.0776. The summed E-state index contributed by atoms with van der Waals surface area (Å²) in [5.74, 6) is -0.0872. The van der Waals surface area contributed by atoms with Crippen molar-refractivity contribution in [3.63, 3.8) is 0 Å². The van der Waals surface area contributed by atoms with E-state index in [0.717, 1.165) is 24.1 Å². The van der Waals surface area contributed by atoms with Crippen LogP contribution >= 0.6 is 0 Å². The predicted octanol–water partition coefficient (Wildman–Crippen LogP) is 3.40. The van der Waals surface area contributed by atoms with Crippen LogP contribution in [0, 0.1) is 0 Å². The summed E-state index contributed by atoms with van der Waals surface area (Å²) in [4.78, 5) is 33.3. The van der Waals surface area contributed by atoms with Gasteiger partial charge in [0, 0.05) is 31.4 Å². The SMILES string of the molecule is CCCn1c(C(=O)N2CCC(n3cc(-c4ccccc4)nn3)C2)cc2c(=O)n3ccccc3nc21. The molecule has 9 nitrogen and oxygen atoms in total. The van der Waals surface area contributed by atoms with Crippen molar-refractivity contribution in [1.29, 1.82) is 0 Å². The largest absolute Gasteiger partial charge is 0.335 e. The van der Waals surface area contributed by atoms with E-state index in [9.17, 15) is 9.59 Å². The van der Waals surface area contributed by atoms with Crippen LogP contribution in [-0.2, 0) is 6.54 Å². The van der Waals surface area contributed by atoms with E-state index >= 15 is 0 Å². The first-order chi connectivity index (χ1) is 17.1. The highest BCUT2D eigenvalue weighted by Gasteiger charge is 2.31. The number of benzene rings is 1. The van der Waals surface area contributed by atoms with Crippen LogP contribution in [-0.4, -0.2) is 52.8 Å². The van der Waals surface area contributed by atoms with Crippen LogP contribution in [0.3, 0.4) is 0 Å². The molecule has 1 atom stereocenters. The molecule has 5 aromatic rings. The Morgan fingerprint density at radius 3 is 2.77 bits per heavy atom. The predicted molar refractivity (Wildman–Crippen MR) is 132 cm³/mol. The highest BCUT2D eigenvalue weighted by atomic mass is 16.2. The number of carbonyl (C=O) groups is 1. The van der Waals surface area contributed by atoms with Crippen LogP contribution in [0.4, 0.5) is 0 Å². The van der Waals surface area contributed by atoms with Gasteiger partial charge in [-0.15, -0.1) is 5.10 Å². The Morgan fingerprint density at radius 1 is 1.11 bits per heavy atom. The van der Waals surface area contributed by atoms with Gasteiger partial charge in [-0.1, -0.05) is 48.5 Å². The van der Waals surface area contributed by atoms with Gasteiger partial charge in [-0.05, 0) is 31.0 Å². The molecule has 0 bridgehead atoms. The van der Waals surface area contributed by atoms with Crippen molar-refractivity contribution in [1.82, 2.24) is 33.8 Å². The number of aryl methyl sites for hydroxylation is 1. The summed E-state index contributed by atoms with van der Waals surface area (Å²) in [5, 5.41) is 9.12. The third-order valence-corrected chi connectivity index (χ3v) is 6.65. The number of likely N-dealkylation sites (tertiary alicyclic amines) is 1. The van der Waals surface area contributed by atoms with E-state index < -0.39 is 0 Å². The molecular formula is C26H25N7O2. The van der Waals surface area contributed by atoms with E-state index in [4.69, 9.17) is 4.98 Å². The van der Waals surface area contributed by atoms with Crippen LogP contribution in [0.15, 0.2) is 71.8 Å². The zero-order chi connectivity index (χ0) is 23.9. The maximum absolute atomic E-state index is 13.6. The van der Waals surface area contributed by atoms with Crippen molar-refractivity contribution in [2.45, 2.75) is 32.4 Å². The van der Waals surface area contributed by atoms with Crippen molar-refractivity contribution >= 4 is 22.6 Å². The number of pyridine rings is 1. The monoisotopic (exact) mass is 467 g/mol. The van der Waals surface area contributed by atoms with Crippen LogP contribution in [0.1, 0.15) is 36.3 Å². The quantitative estimate of drug-likeness (QED) is 0.395. The molecule has 0 N–H and O–H groups in total. The van der Waals surface area contributed by atoms with E-state index in [1.807, 2.05) is 56.7 Å². The zero-order valence-corrected chi connectivity index (χ0v) is 19.4. The first-order valence-electron chi connectivity index (χ1n) is 11.9. The lowest BCUT2D eigenvalue weighted by atomic mass is 10.2. The molecule has 1 fully saturated rings. The number of carbonyl (C=O) groups excluding carboxylic acids is 1. The fraction of sp³-hybridized carbons (Fsp3) is 0.269. The standard InChI is InChI=1S/C26H25N7O2/c1-2-12-31-22(15-20-24(31)27-23-10-6-7-13-32(23)25(20)34)26(35)30-14-11-19(16-30)33-17-21(28-29-33)18-8-4-3-5-9-18/h3-10,13,15,17,19H,2,11-12,14,16H2,1H3. The van der Waals surface area contributed by atoms with Crippen molar-refractivity contribution in [3.05, 3.63) is 83.0 Å². The number of aromatic nitrogens is 6. The molecule has 5 heterocycles. The first-order valence-corrected chi connectivity index (χ1v) is 11.9. The number of hydrogen-bond acceptors (Lipinski definition) is 5. The van der Waals surface area contributed by atoms with E-state index in [-0.39, 0.29) is 17.5 Å². The topological polar surface area (TPSA) is 90.3 Å². The van der Waals surface area contributed by atoms with Gasteiger partial charge in [0.1, 0.15) is 22.7 Å². The van der Waals surface area contributed by atoms with Gasteiger partial charge in [0.15, 0.2) is 0 Å². The summed E-state index contributed by atoms with van der Waals surface area (Å²) in [5.41, 5.74) is 3.31. The molecule has 1 amide bonds. The van der Waals surface area contributed by atoms with Crippen molar-refractivity contribution in [2.75, 3.05) is 13.1 Å². The number of hydrogen-bond donors (Lipinski definition) is 0. The smallest absolute Gasteiger partial charge is 0.270 e. The number of nitrogens with zero attached hydrogens (tertiary/aromatic N) is 7. The number of fused-ring (bicyclic) bond motifs is 2. The Morgan fingerprint density at radius 2 is 1.94 bits per heavy atom. The highest BCUT2D eigenvalue weighted by Crippen LogP contribution is 2.26. The molecule has 6 rings (SSSR count). The summed E-state index contributed by atoms with van der Waals surface area (Å²) in [6, 6.07) is 17.2. The highest BCUT2D eigenvalue weighted by molar-refractivity contribution is 5.98. The molecule has 4 aromatic heterocycles. The minimum absolute atomic E-state index is 0.0549. The molecule has 1 saturated heterocycles. The van der Waals surface area contributed by atoms with Gasteiger partial charge in [-0.2, -0.15) is 0 Å². The summed E-state index contributed by atoms with van der Waals surface area (Å²) >= 11 is 0. The third kappa shape index (κ3) is 3.60. The normalized spacial score (nSPS) is 15.9. The fourth-order valence-electron chi connectivity index (χ4n) is 4.88. The average Bonchev–Trinajstić information content (AvgIpc) is 3.64. The molecule has 35 heavy (non-hydrogen) atoms. The van der Waals surface area contributed by atoms with E-state index in [0.29, 0.717) is 42.0 Å². The Balaban J connectivity index is 1.31. The molecule has 1 unspecified atom stereocenters. The van der Waals surface area contributed by atoms with Crippen molar-refractivity contribution in [2.24, 2.45) is 0 Å². The molecule has 176 valence electrons. The lowest BCUT2D eigenvalue weighted by Gasteiger charge is -2.18. The second-order valence-electron chi connectivity index (χ2n) is 8.91. The number of rotatable bonds is 5. The van der Waals surface area contributed by atoms with Crippen molar-refractivity contribution < 1.29 is 4.79 Å². The van der Waals surface area contributed by atoms with Crippen LogP contribution < -0.4 is 5.56 Å². The van der Waals surface area contributed by atoms with Crippen molar-refractivity contribution in [3.8, 4) is 11.3 Å². The molecular weight excluding hydrogens is 442 g/mol. The summed E-state index contributed by atoms with van der Waals surface area (Å²) in [6.45, 7) is 3.82. The Labute approximate surface area is 201 Å². The minimum Gasteiger partial charge on any atom is -0.335 e. The van der Waals surface area contributed by atoms with E-state index in [2.05, 4.69) is 17.2 Å². The molecule has 0 saturated carbocycles. The van der Waals surface area contributed by atoms with Crippen LogP contribution in [0.2, 0.25) is 0 Å². The van der Waals surface area contributed by atoms with Crippen LogP contribution in [0.25, 0.3) is 27.9 Å². The second-order valence-corrected chi connectivity index (χ2v) is 8.91. The van der Waals surface area contributed by atoms with Gasteiger partial charge in [0.2, 0.25) is 0 Å². The lowest BCUT2D eigenvalue weighted by Crippen LogP contribution is -2.31. The molecule has 0 radical (unpaired) electrons. The van der Waals surface area contributed by atoms with Gasteiger partial charge >= 0.3 is 0 Å². The van der Waals surface area contributed by atoms with Gasteiger partial charge in [0.25, 0.3) is 11.5 Å². The zero-order valence-electron chi connectivity index (χ0n) is 19.4. The maximum atomic E-state index is 13.6. The molecule has 1 aliphatic heterocycles. The molecule has 9 heteroatoms. The average molecular weight is 468 g/mol. The fourth-order valence-corrected chi connectivity index (χ4v) is 4.88. The maximum Gasteiger partial charge on any atom is 0.270 e. The van der Waals surface area contributed by atoms with E-state index in [1.165, 1.54) is 4.40 Å². The van der Waals surface area contributed by atoms with E-state index in [1.54, 1.807) is 24.4 Å². The summed E-state index contributed by atoms with van der Waals surface area (Å²) in [7, 11) is 0. The Bertz CT molecular complexity index is 1600. The number of amides is 1. The first kappa shape index (κ1) is 21.3. The second kappa shape index (κ2) is 8.50. The molecule has 0 spiro atoms. The van der Waals surface area contributed by atoms with Gasteiger partial charge in [-0.3, -0.25) is 14.0 Å². The third-order valence-electron chi connectivity index (χ3n) is 6.65. The van der Waals surface area contributed by atoms with Gasteiger partial charge in [-0.25, -0.2) is 9.67 Å². The van der Waals surface area contributed by atoms with Crippen LogP contribution in [0.5, 0.6) is 0 Å². The molecule has 1 aromatic carbocycles. The molecule has 1 aliphatic rings. The Hall–Kier alpha value is -4.27. The Kier molecular flexibility index (Phi) is 5.17.